The van der Waals surface area contributed by atoms with Crippen molar-refractivity contribution in [2.45, 2.75) is 94.8 Å². The van der Waals surface area contributed by atoms with Gasteiger partial charge in [-0.2, -0.15) is 0 Å². The standard InChI is InChI=1S/C21H37N3O2/c25-21(26)15-24(14-16-6-7-16)20-12-18(13-20)22-17-8-10-23(11-9-17)19-4-2-1-3-5-19/h16-20,22H,1-15H2,(H,25,26). The molecule has 4 rings (SSSR count). The van der Waals surface area contributed by atoms with Crippen LogP contribution in [0.25, 0.3) is 0 Å². The largest absolute Gasteiger partial charge is 0.480 e. The molecule has 0 unspecified atom stereocenters. The molecule has 0 amide bonds. The zero-order chi connectivity index (χ0) is 17.9. The minimum Gasteiger partial charge on any atom is -0.480 e. The molecular formula is C21H37N3O2. The number of carbonyl (C=O) groups is 1. The minimum absolute atomic E-state index is 0.230. The summed E-state index contributed by atoms with van der Waals surface area (Å²) in [5.41, 5.74) is 0. The summed E-state index contributed by atoms with van der Waals surface area (Å²) in [7, 11) is 0. The predicted molar refractivity (Wildman–Crippen MR) is 103 cm³/mol. The molecule has 0 aromatic heterocycles. The quantitative estimate of drug-likeness (QED) is 0.694. The van der Waals surface area contributed by atoms with E-state index in [2.05, 4.69) is 15.1 Å². The van der Waals surface area contributed by atoms with Gasteiger partial charge in [0.25, 0.3) is 0 Å². The smallest absolute Gasteiger partial charge is 0.317 e. The van der Waals surface area contributed by atoms with Crippen LogP contribution in [0.3, 0.4) is 0 Å². The average Bonchev–Trinajstić information content (AvgIpc) is 3.42. The third-order valence-electron chi connectivity index (χ3n) is 7.25. The van der Waals surface area contributed by atoms with Gasteiger partial charge in [0.15, 0.2) is 0 Å². The van der Waals surface area contributed by atoms with E-state index in [0.717, 1.165) is 31.3 Å². The van der Waals surface area contributed by atoms with Crippen molar-refractivity contribution in [3.8, 4) is 0 Å². The molecule has 0 atom stereocenters. The first-order chi connectivity index (χ1) is 12.7. The number of hydrogen-bond acceptors (Lipinski definition) is 4. The molecule has 0 bridgehead atoms. The Morgan fingerprint density at radius 1 is 0.962 bits per heavy atom. The van der Waals surface area contributed by atoms with Crippen LogP contribution in [0.2, 0.25) is 0 Å². The molecule has 4 aliphatic rings. The fraction of sp³-hybridized carbons (Fsp3) is 0.952. The zero-order valence-electron chi connectivity index (χ0n) is 16.2. The van der Waals surface area contributed by atoms with Crippen molar-refractivity contribution < 1.29 is 9.90 Å². The molecule has 5 nitrogen and oxygen atoms in total. The molecule has 0 aromatic rings. The van der Waals surface area contributed by atoms with Crippen LogP contribution < -0.4 is 5.32 Å². The van der Waals surface area contributed by atoms with Crippen LogP contribution in [-0.2, 0) is 4.79 Å². The molecule has 3 saturated carbocycles. The molecular weight excluding hydrogens is 326 g/mol. The fourth-order valence-electron chi connectivity index (χ4n) is 5.38. The second kappa shape index (κ2) is 8.57. The molecule has 5 heteroatoms. The first kappa shape index (κ1) is 18.7. The molecule has 26 heavy (non-hydrogen) atoms. The Labute approximate surface area is 158 Å². The lowest BCUT2D eigenvalue weighted by atomic mass is 9.84. The van der Waals surface area contributed by atoms with Crippen molar-refractivity contribution >= 4 is 5.97 Å². The van der Waals surface area contributed by atoms with Crippen molar-refractivity contribution in [1.82, 2.24) is 15.1 Å². The van der Waals surface area contributed by atoms with Gasteiger partial charge in [-0.3, -0.25) is 9.69 Å². The van der Waals surface area contributed by atoms with E-state index in [0.29, 0.717) is 18.1 Å². The lowest BCUT2D eigenvalue weighted by Crippen LogP contribution is -2.57. The maximum Gasteiger partial charge on any atom is 0.317 e. The van der Waals surface area contributed by atoms with Gasteiger partial charge in [0, 0.05) is 30.7 Å². The summed E-state index contributed by atoms with van der Waals surface area (Å²) < 4.78 is 0. The van der Waals surface area contributed by atoms with Gasteiger partial charge >= 0.3 is 5.97 Å². The number of hydrogen-bond donors (Lipinski definition) is 2. The van der Waals surface area contributed by atoms with Crippen molar-refractivity contribution in [3.05, 3.63) is 0 Å². The van der Waals surface area contributed by atoms with Crippen LogP contribution in [-0.4, -0.2) is 71.2 Å². The van der Waals surface area contributed by atoms with Crippen LogP contribution >= 0.6 is 0 Å². The Balaban J connectivity index is 1.15. The van der Waals surface area contributed by atoms with E-state index in [1.165, 1.54) is 70.9 Å². The molecule has 148 valence electrons. The van der Waals surface area contributed by atoms with Crippen molar-refractivity contribution in [1.29, 1.82) is 0 Å². The normalized spacial score (nSPS) is 31.9. The van der Waals surface area contributed by atoms with Crippen molar-refractivity contribution in [2.75, 3.05) is 26.2 Å². The first-order valence-corrected chi connectivity index (χ1v) is 11.1. The topological polar surface area (TPSA) is 55.8 Å². The summed E-state index contributed by atoms with van der Waals surface area (Å²) in [6, 6.07) is 2.65. The number of aliphatic carboxylic acids is 1. The Hall–Kier alpha value is -0.650. The van der Waals surface area contributed by atoms with E-state index in [1.54, 1.807) is 0 Å². The number of carboxylic acids is 1. The second-order valence-electron chi connectivity index (χ2n) is 9.36. The number of nitrogens with zero attached hydrogens (tertiary/aromatic N) is 2. The summed E-state index contributed by atoms with van der Waals surface area (Å²) in [5.74, 6) is 0.0996. The van der Waals surface area contributed by atoms with Gasteiger partial charge in [-0.25, -0.2) is 0 Å². The number of likely N-dealkylation sites (tertiary alicyclic amines) is 1. The highest BCUT2D eigenvalue weighted by Crippen LogP contribution is 2.34. The van der Waals surface area contributed by atoms with Crippen LogP contribution in [0, 0.1) is 5.92 Å². The van der Waals surface area contributed by atoms with Gasteiger partial charge in [-0.15, -0.1) is 0 Å². The van der Waals surface area contributed by atoms with Crippen LogP contribution in [0.4, 0.5) is 0 Å². The van der Waals surface area contributed by atoms with E-state index in [1.807, 2.05) is 0 Å². The van der Waals surface area contributed by atoms with E-state index < -0.39 is 5.97 Å². The van der Waals surface area contributed by atoms with Gasteiger partial charge in [0.1, 0.15) is 0 Å². The molecule has 0 spiro atoms. The average molecular weight is 364 g/mol. The van der Waals surface area contributed by atoms with Crippen molar-refractivity contribution in [3.63, 3.8) is 0 Å². The zero-order valence-corrected chi connectivity index (χ0v) is 16.2. The second-order valence-corrected chi connectivity index (χ2v) is 9.36. The molecule has 1 aliphatic heterocycles. The maximum absolute atomic E-state index is 11.2. The Bertz CT molecular complexity index is 462. The highest BCUT2D eigenvalue weighted by atomic mass is 16.4. The SMILES string of the molecule is O=C(O)CN(CC1CC1)C1CC(NC2CCN(C3CCCCC3)CC2)C1. The van der Waals surface area contributed by atoms with Gasteiger partial charge in [-0.05, 0) is 70.4 Å². The summed E-state index contributed by atoms with van der Waals surface area (Å²) in [6.45, 7) is 3.77. The molecule has 4 fully saturated rings. The number of rotatable bonds is 8. The number of carboxylic acid groups (broad SMARTS) is 1. The summed E-state index contributed by atoms with van der Waals surface area (Å²) in [4.78, 5) is 16.1. The maximum atomic E-state index is 11.2. The van der Waals surface area contributed by atoms with Gasteiger partial charge in [0.05, 0.1) is 6.54 Å². The Kier molecular flexibility index (Phi) is 6.17. The van der Waals surface area contributed by atoms with E-state index in [9.17, 15) is 9.90 Å². The molecule has 3 aliphatic carbocycles. The van der Waals surface area contributed by atoms with Crippen LogP contribution in [0.15, 0.2) is 0 Å². The summed E-state index contributed by atoms with van der Waals surface area (Å²) in [5, 5.41) is 13.1. The van der Waals surface area contributed by atoms with Crippen LogP contribution in [0.1, 0.15) is 70.6 Å². The third-order valence-corrected chi connectivity index (χ3v) is 7.25. The first-order valence-electron chi connectivity index (χ1n) is 11.1. The monoisotopic (exact) mass is 363 g/mol. The Morgan fingerprint density at radius 2 is 1.65 bits per heavy atom. The van der Waals surface area contributed by atoms with Gasteiger partial charge in [0.2, 0.25) is 0 Å². The predicted octanol–water partition coefficient (Wildman–Crippen LogP) is 2.70. The fourth-order valence-corrected chi connectivity index (χ4v) is 5.38. The van der Waals surface area contributed by atoms with E-state index in [4.69, 9.17) is 0 Å². The highest BCUT2D eigenvalue weighted by molar-refractivity contribution is 5.69. The summed E-state index contributed by atoms with van der Waals surface area (Å²) >= 11 is 0. The lowest BCUT2D eigenvalue weighted by Gasteiger charge is -2.46. The number of piperidine rings is 1. The third kappa shape index (κ3) is 4.99. The molecule has 1 heterocycles. The summed E-state index contributed by atoms with van der Waals surface area (Å²) in [6.07, 6.45) is 14.6. The van der Waals surface area contributed by atoms with E-state index >= 15 is 0 Å². The number of nitrogens with one attached hydrogen (secondary N) is 1. The van der Waals surface area contributed by atoms with E-state index in [-0.39, 0.29) is 6.54 Å². The molecule has 2 N–H and O–H groups in total. The minimum atomic E-state index is -0.669. The van der Waals surface area contributed by atoms with Gasteiger partial charge in [-0.1, -0.05) is 19.3 Å². The van der Waals surface area contributed by atoms with Gasteiger partial charge < -0.3 is 15.3 Å². The van der Waals surface area contributed by atoms with Crippen molar-refractivity contribution in [2.24, 2.45) is 5.92 Å². The molecule has 0 radical (unpaired) electrons. The Morgan fingerprint density at radius 3 is 2.27 bits per heavy atom. The molecule has 1 saturated heterocycles. The highest BCUT2D eigenvalue weighted by Gasteiger charge is 2.38. The molecule has 0 aromatic carbocycles. The lowest BCUT2D eigenvalue weighted by molar-refractivity contribution is -0.139. The van der Waals surface area contributed by atoms with Crippen LogP contribution in [0.5, 0.6) is 0 Å².